The quantitative estimate of drug-likeness (QED) is 0.654. The van der Waals surface area contributed by atoms with Crippen LogP contribution < -0.4 is 20.7 Å². The predicted molar refractivity (Wildman–Crippen MR) is 95.5 cm³/mol. The SMILES string of the molecule is CC[C@H](C)NC(=O)NC(=O)CN(C)CC(=O)Nc1ccc(OC)cc1. The molecule has 0 unspecified atom stereocenters. The van der Waals surface area contributed by atoms with Crippen molar-refractivity contribution in [2.45, 2.75) is 26.3 Å². The zero-order valence-corrected chi connectivity index (χ0v) is 15.1. The van der Waals surface area contributed by atoms with Crippen LogP contribution in [0, 0.1) is 0 Å². The Bertz CT molecular complexity index is 589. The number of likely N-dealkylation sites (N-methyl/N-ethyl adjacent to an activating group) is 1. The van der Waals surface area contributed by atoms with Gasteiger partial charge in [-0.2, -0.15) is 0 Å². The summed E-state index contributed by atoms with van der Waals surface area (Å²) in [5, 5.41) is 7.60. The summed E-state index contributed by atoms with van der Waals surface area (Å²) in [5.41, 5.74) is 0.636. The van der Waals surface area contributed by atoms with Crippen molar-refractivity contribution in [2.24, 2.45) is 0 Å². The molecule has 0 radical (unpaired) electrons. The van der Waals surface area contributed by atoms with Crippen molar-refractivity contribution in [1.29, 1.82) is 0 Å². The van der Waals surface area contributed by atoms with Crippen molar-refractivity contribution >= 4 is 23.5 Å². The van der Waals surface area contributed by atoms with Crippen LogP contribution in [-0.2, 0) is 9.59 Å². The third-order valence-electron chi connectivity index (χ3n) is 3.44. The Labute approximate surface area is 147 Å². The van der Waals surface area contributed by atoms with Crippen molar-refractivity contribution < 1.29 is 19.1 Å². The molecule has 0 saturated heterocycles. The highest BCUT2D eigenvalue weighted by Crippen LogP contribution is 2.14. The maximum Gasteiger partial charge on any atom is 0.321 e. The second-order valence-electron chi connectivity index (χ2n) is 5.78. The van der Waals surface area contributed by atoms with E-state index in [9.17, 15) is 14.4 Å². The van der Waals surface area contributed by atoms with Gasteiger partial charge in [0.15, 0.2) is 0 Å². The summed E-state index contributed by atoms with van der Waals surface area (Å²) < 4.78 is 5.05. The van der Waals surface area contributed by atoms with Gasteiger partial charge in [-0.3, -0.25) is 19.8 Å². The molecule has 1 atom stereocenters. The Morgan fingerprint density at radius 2 is 1.72 bits per heavy atom. The molecule has 0 aliphatic carbocycles. The molecule has 1 rings (SSSR count). The minimum Gasteiger partial charge on any atom is -0.497 e. The first-order valence-corrected chi connectivity index (χ1v) is 8.06. The zero-order chi connectivity index (χ0) is 18.8. The van der Waals surface area contributed by atoms with Crippen LogP contribution in [0.3, 0.4) is 0 Å². The largest absolute Gasteiger partial charge is 0.497 e. The lowest BCUT2D eigenvalue weighted by atomic mass is 10.3. The van der Waals surface area contributed by atoms with E-state index in [0.717, 1.165) is 6.42 Å². The molecule has 1 aromatic carbocycles. The van der Waals surface area contributed by atoms with E-state index < -0.39 is 11.9 Å². The number of hydrogen-bond donors (Lipinski definition) is 3. The van der Waals surface area contributed by atoms with Crippen LogP contribution in [0.2, 0.25) is 0 Å². The van der Waals surface area contributed by atoms with Crippen LogP contribution in [0.25, 0.3) is 0 Å². The van der Waals surface area contributed by atoms with Crippen molar-refractivity contribution in [1.82, 2.24) is 15.5 Å². The molecule has 0 fully saturated rings. The van der Waals surface area contributed by atoms with Crippen molar-refractivity contribution in [3.63, 3.8) is 0 Å². The second kappa shape index (κ2) is 10.3. The van der Waals surface area contributed by atoms with Crippen LogP contribution in [0.5, 0.6) is 5.75 Å². The molecule has 138 valence electrons. The Kier molecular flexibility index (Phi) is 8.42. The van der Waals surface area contributed by atoms with Gasteiger partial charge in [0, 0.05) is 11.7 Å². The Hall–Kier alpha value is -2.61. The lowest BCUT2D eigenvalue weighted by molar-refractivity contribution is -0.122. The van der Waals surface area contributed by atoms with E-state index in [1.807, 2.05) is 13.8 Å². The van der Waals surface area contributed by atoms with E-state index in [2.05, 4.69) is 16.0 Å². The predicted octanol–water partition coefficient (Wildman–Crippen LogP) is 1.19. The number of rotatable bonds is 8. The molecule has 8 heteroatoms. The molecular formula is C17H26N4O4. The number of benzene rings is 1. The molecule has 0 saturated carbocycles. The maximum atomic E-state index is 12.0. The summed E-state index contributed by atoms with van der Waals surface area (Å²) >= 11 is 0. The van der Waals surface area contributed by atoms with E-state index >= 15 is 0 Å². The number of carbonyl (C=O) groups is 3. The highest BCUT2D eigenvalue weighted by Gasteiger charge is 2.14. The lowest BCUT2D eigenvalue weighted by Gasteiger charge is -2.17. The van der Waals surface area contributed by atoms with Gasteiger partial charge in [-0.05, 0) is 44.7 Å². The first-order valence-electron chi connectivity index (χ1n) is 8.06. The first-order chi connectivity index (χ1) is 11.8. The normalized spacial score (nSPS) is 11.6. The summed E-state index contributed by atoms with van der Waals surface area (Å²) in [6.45, 7) is 3.73. The topological polar surface area (TPSA) is 99.8 Å². The van der Waals surface area contributed by atoms with E-state index in [1.54, 1.807) is 38.4 Å². The van der Waals surface area contributed by atoms with Crippen molar-refractivity contribution in [3.8, 4) is 5.75 Å². The molecule has 0 aliphatic heterocycles. The number of nitrogens with zero attached hydrogens (tertiary/aromatic N) is 1. The van der Waals surface area contributed by atoms with Gasteiger partial charge in [-0.25, -0.2) is 4.79 Å². The third-order valence-corrected chi connectivity index (χ3v) is 3.44. The standard InChI is InChI=1S/C17H26N4O4/c1-5-12(2)18-17(24)20-16(23)11-21(3)10-15(22)19-13-6-8-14(25-4)9-7-13/h6-9,12H,5,10-11H2,1-4H3,(H,19,22)(H2,18,20,23,24)/t12-/m0/s1. The van der Waals surface area contributed by atoms with Crippen LogP contribution in [0.1, 0.15) is 20.3 Å². The summed E-state index contributed by atoms with van der Waals surface area (Å²) in [4.78, 5) is 36.8. The summed E-state index contributed by atoms with van der Waals surface area (Å²) in [5.74, 6) is -0.0347. The molecule has 25 heavy (non-hydrogen) atoms. The molecule has 1 aromatic rings. The van der Waals surface area contributed by atoms with E-state index in [1.165, 1.54) is 4.90 Å². The number of hydrogen-bond acceptors (Lipinski definition) is 5. The average Bonchev–Trinajstić information content (AvgIpc) is 2.54. The summed E-state index contributed by atoms with van der Waals surface area (Å²) in [6.07, 6.45) is 0.771. The zero-order valence-electron chi connectivity index (χ0n) is 15.1. The Morgan fingerprint density at radius 3 is 2.28 bits per heavy atom. The summed E-state index contributed by atoms with van der Waals surface area (Å²) in [6, 6.07) is 6.38. The molecule has 0 aliphatic rings. The van der Waals surface area contributed by atoms with Gasteiger partial charge < -0.3 is 15.4 Å². The third kappa shape index (κ3) is 8.16. The van der Waals surface area contributed by atoms with Gasteiger partial charge in [0.2, 0.25) is 11.8 Å². The van der Waals surface area contributed by atoms with Crippen LogP contribution in [0.4, 0.5) is 10.5 Å². The minimum atomic E-state index is -0.532. The number of carbonyl (C=O) groups excluding carboxylic acids is 3. The second-order valence-corrected chi connectivity index (χ2v) is 5.78. The highest BCUT2D eigenvalue weighted by molar-refractivity contribution is 5.96. The number of nitrogens with one attached hydrogen (secondary N) is 3. The monoisotopic (exact) mass is 350 g/mol. The van der Waals surface area contributed by atoms with E-state index in [4.69, 9.17) is 4.74 Å². The minimum absolute atomic E-state index is 0.0131. The van der Waals surface area contributed by atoms with Gasteiger partial charge in [0.1, 0.15) is 5.75 Å². The molecule has 4 amide bonds. The molecule has 0 bridgehead atoms. The number of urea groups is 1. The van der Waals surface area contributed by atoms with Gasteiger partial charge in [-0.1, -0.05) is 6.92 Å². The number of ether oxygens (including phenoxy) is 1. The van der Waals surface area contributed by atoms with Gasteiger partial charge in [-0.15, -0.1) is 0 Å². The first kappa shape index (κ1) is 20.4. The van der Waals surface area contributed by atoms with Crippen LogP contribution >= 0.6 is 0 Å². The number of imide groups is 1. The fourth-order valence-electron chi connectivity index (χ4n) is 1.95. The van der Waals surface area contributed by atoms with Crippen molar-refractivity contribution in [2.75, 3.05) is 32.6 Å². The number of methoxy groups -OCH3 is 1. The molecular weight excluding hydrogens is 324 g/mol. The number of amides is 4. The maximum absolute atomic E-state index is 12.0. The van der Waals surface area contributed by atoms with Crippen LogP contribution in [-0.4, -0.2) is 56.0 Å². The fourth-order valence-corrected chi connectivity index (χ4v) is 1.95. The average molecular weight is 350 g/mol. The molecule has 3 N–H and O–H groups in total. The van der Waals surface area contributed by atoms with E-state index in [-0.39, 0.29) is 25.0 Å². The van der Waals surface area contributed by atoms with E-state index in [0.29, 0.717) is 11.4 Å². The van der Waals surface area contributed by atoms with Crippen molar-refractivity contribution in [3.05, 3.63) is 24.3 Å². The summed E-state index contributed by atoms with van der Waals surface area (Å²) in [7, 11) is 3.19. The van der Waals surface area contributed by atoms with Gasteiger partial charge in [0.25, 0.3) is 0 Å². The number of anilines is 1. The molecule has 0 heterocycles. The smallest absolute Gasteiger partial charge is 0.321 e. The van der Waals surface area contributed by atoms with Crippen LogP contribution in [0.15, 0.2) is 24.3 Å². The lowest BCUT2D eigenvalue weighted by Crippen LogP contribution is -2.47. The Morgan fingerprint density at radius 1 is 1.12 bits per heavy atom. The Balaban J connectivity index is 2.36. The van der Waals surface area contributed by atoms with Gasteiger partial charge in [0.05, 0.1) is 20.2 Å². The molecule has 0 spiro atoms. The molecule has 0 aromatic heterocycles. The highest BCUT2D eigenvalue weighted by atomic mass is 16.5. The fraction of sp³-hybridized carbons (Fsp3) is 0.471. The van der Waals surface area contributed by atoms with Gasteiger partial charge >= 0.3 is 6.03 Å². The molecule has 8 nitrogen and oxygen atoms in total.